The molecule has 1 aliphatic rings. The Kier molecular flexibility index (Phi) is 6.48. The van der Waals surface area contributed by atoms with Crippen molar-refractivity contribution in [3.63, 3.8) is 0 Å². The maximum Gasteiger partial charge on any atom is 0.322 e. The van der Waals surface area contributed by atoms with Crippen molar-refractivity contribution in [1.82, 2.24) is 4.90 Å². The Morgan fingerprint density at radius 3 is 3.00 bits per heavy atom. The van der Waals surface area contributed by atoms with Crippen molar-refractivity contribution in [3.05, 3.63) is 24.3 Å². The van der Waals surface area contributed by atoms with E-state index in [1.165, 1.54) is 0 Å². The third-order valence-corrected chi connectivity index (χ3v) is 3.56. The number of amides is 2. The summed E-state index contributed by atoms with van der Waals surface area (Å²) in [5.41, 5.74) is 6.59. The lowest BCUT2D eigenvalue weighted by Crippen LogP contribution is -2.47. The molecular weight excluding hydrogens is 282 g/mol. The number of likely N-dealkylation sites (tertiary alicyclic amines) is 1. The zero-order valence-corrected chi connectivity index (χ0v) is 13.1. The van der Waals surface area contributed by atoms with Gasteiger partial charge in [0.15, 0.2) is 0 Å². The number of rotatable bonds is 6. The Hall–Kier alpha value is -1.79. The van der Waals surface area contributed by atoms with Crippen LogP contribution in [0.2, 0.25) is 0 Å². The third-order valence-electron chi connectivity index (χ3n) is 3.56. The van der Waals surface area contributed by atoms with E-state index in [1.807, 2.05) is 31.2 Å². The number of para-hydroxylation sites is 2. The van der Waals surface area contributed by atoms with Gasteiger partial charge < -0.3 is 25.4 Å². The number of nitrogens with one attached hydrogen (secondary N) is 1. The molecule has 3 N–H and O–H groups in total. The van der Waals surface area contributed by atoms with Crippen molar-refractivity contribution in [2.75, 3.05) is 38.2 Å². The van der Waals surface area contributed by atoms with Crippen LogP contribution in [-0.4, -0.2) is 49.9 Å². The minimum atomic E-state index is -0.129. The zero-order chi connectivity index (χ0) is 15.8. The van der Waals surface area contributed by atoms with Crippen LogP contribution in [0.15, 0.2) is 24.3 Å². The van der Waals surface area contributed by atoms with Gasteiger partial charge in [-0.15, -0.1) is 0 Å². The molecule has 0 radical (unpaired) electrons. The maximum absolute atomic E-state index is 12.3. The topological polar surface area (TPSA) is 76.8 Å². The van der Waals surface area contributed by atoms with E-state index in [0.717, 1.165) is 19.4 Å². The van der Waals surface area contributed by atoms with Gasteiger partial charge in [0.05, 0.1) is 12.3 Å². The molecule has 0 aliphatic carbocycles. The number of piperidine rings is 1. The van der Waals surface area contributed by atoms with Gasteiger partial charge in [0.2, 0.25) is 0 Å². The monoisotopic (exact) mass is 307 g/mol. The highest BCUT2D eigenvalue weighted by molar-refractivity contribution is 5.91. The van der Waals surface area contributed by atoms with E-state index < -0.39 is 0 Å². The molecular formula is C16H25N3O3. The average Bonchev–Trinajstić information content (AvgIpc) is 2.53. The molecule has 1 saturated heterocycles. The summed E-state index contributed by atoms with van der Waals surface area (Å²) in [6.45, 7) is 4.93. The summed E-state index contributed by atoms with van der Waals surface area (Å²) in [6.07, 6.45) is 1.92. The first-order valence-corrected chi connectivity index (χ1v) is 7.81. The van der Waals surface area contributed by atoms with Crippen LogP contribution in [-0.2, 0) is 4.74 Å². The van der Waals surface area contributed by atoms with Crippen LogP contribution >= 0.6 is 0 Å². The fraction of sp³-hybridized carbons (Fsp3) is 0.562. The highest BCUT2D eigenvalue weighted by Gasteiger charge is 2.21. The van der Waals surface area contributed by atoms with Crippen LogP contribution in [0.3, 0.4) is 0 Å². The number of nitrogens with two attached hydrogens (primary N) is 1. The number of urea groups is 1. The minimum Gasteiger partial charge on any atom is -0.489 e. The van der Waals surface area contributed by atoms with Crippen molar-refractivity contribution >= 4 is 11.7 Å². The largest absolute Gasteiger partial charge is 0.489 e. The van der Waals surface area contributed by atoms with E-state index in [1.54, 1.807) is 4.90 Å². The van der Waals surface area contributed by atoms with E-state index in [4.69, 9.17) is 15.2 Å². The van der Waals surface area contributed by atoms with Gasteiger partial charge in [-0.3, -0.25) is 0 Å². The van der Waals surface area contributed by atoms with Crippen molar-refractivity contribution in [2.45, 2.75) is 25.8 Å². The second-order valence-electron chi connectivity index (χ2n) is 5.32. The molecule has 1 atom stereocenters. The third kappa shape index (κ3) is 4.89. The van der Waals surface area contributed by atoms with E-state index in [9.17, 15) is 4.79 Å². The van der Waals surface area contributed by atoms with Crippen LogP contribution in [0, 0.1) is 0 Å². The average molecular weight is 307 g/mol. The molecule has 1 fully saturated rings. The molecule has 122 valence electrons. The Labute approximate surface area is 131 Å². The van der Waals surface area contributed by atoms with E-state index in [-0.39, 0.29) is 12.1 Å². The lowest BCUT2D eigenvalue weighted by Gasteiger charge is -2.30. The summed E-state index contributed by atoms with van der Waals surface area (Å²) in [6, 6.07) is 7.35. The molecule has 0 aromatic heterocycles. The fourth-order valence-electron chi connectivity index (χ4n) is 2.44. The first kappa shape index (κ1) is 16.6. The Morgan fingerprint density at radius 1 is 1.41 bits per heavy atom. The summed E-state index contributed by atoms with van der Waals surface area (Å²) in [7, 11) is 0. The Balaban J connectivity index is 1.92. The van der Waals surface area contributed by atoms with Crippen LogP contribution < -0.4 is 15.8 Å². The standard InChI is InChI=1S/C16H25N3O3/c1-2-21-10-11-22-15-8-4-3-7-14(15)18-16(20)19-9-5-6-13(17)12-19/h3-4,7-8,13H,2,5-6,9-12,17H2,1H3,(H,18,20). The molecule has 1 aromatic carbocycles. The number of hydrogen-bond acceptors (Lipinski definition) is 4. The van der Waals surface area contributed by atoms with E-state index >= 15 is 0 Å². The summed E-state index contributed by atoms with van der Waals surface area (Å²) in [5, 5.41) is 2.91. The first-order valence-electron chi connectivity index (χ1n) is 7.81. The molecule has 1 aliphatic heterocycles. The minimum absolute atomic E-state index is 0.0668. The highest BCUT2D eigenvalue weighted by Crippen LogP contribution is 2.24. The molecule has 1 aromatic rings. The molecule has 2 amide bonds. The smallest absolute Gasteiger partial charge is 0.322 e. The summed E-state index contributed by atoms with van der Waals surface area (Å²) in [4.78, 5) is 14.1. The highest BCUT2D eigenvalue weighted by atomic mass is 16.5. The van der Waals surface area contributed by atoms with Gasteiger partial charge in [-0.2, -0.15) is 0 Å². The molecule has 1 unspecified atom stereocenters. The van der Waals surface area contributed by atoms with Gasteiger partial charge in [-0.25, -0.2) is 4.79 Å². The van der Waals surface area contributed by atoms with E-state index in [0.29, 0.717) is 37.8 Å². The fourth-order valence-corrected chi connectivity index (χ4v) is 2.44. The molecule has 2 rings (SSSR count). The van der Waals surface area contributed by atoms with Gasteiger partial charge in [0.25, 0.3) is 0 Å². The lowest BCUT2D eigenvalue weighted by atomic mass is 10.1. The molecule has 0 saturated carbocycles. The number of benzene rings is 1. The van der Waals surface area contributed by atoms with Crippen LogP contribution in [0.25, 0.3) is 0 Å². The van der Waals surface area contributed by atoms with E-state index in [2.05, 4.69) is 5.32 Å². The van der Waals surface area contributed by atoms with Crippen LogP contribution in [0.4, 0.5) is 10.5 Å². The quantitative estimate of drug-likeness (QED) is 0.789. The number of carbonyl (C=O) groups excluding carboxylic acids is 1. The SMILES string of the molecule is CCOCCOc1ccccc1NC(=O)N1CCCC(N)C1. The molecule has 1 heterocycles. The predicted octanol–water partition coefficient (Wildman–Crippen LogP) is 2.06. The molecule has 0 spiro atoms. The number of anilines is 1. The zero-order valence-electron chi connectivity index (χ0n) is 13.1. The van der Waals surface area contributed by atoms with Gasteiger partial charge >= 0.3 is 6.03 Å². The molecule has 0 bridgehead atoms. The second-order valence-corrected chi connectivity index (χ2v) is 5.32. The number of carbonyl (C=O) groups is 1. The maximum atomic E-state index is 12.3. The van der Waals surface area contributed by atoms with Crippen molar-refractivity contribution in [1.29, 1.82) is 0 Å². The van der Waals surface area contributed by atoms with Gasteiger partial charge in [0, 0.05) is 25.7 Å². The number of ether oxygens (including phenoxy) is 2. The molecule has 6 nitrogen and oxygen atoms in total. The van der Waals surface area contributed by atoms with Gasteiger partial charge in [0.1, 0.15) is 12.4 Å². The normalized spacial score (nSPS) is 18.1. The number of hydrogen-bond donors (Lipinski definition) is 2. The first-order chi connectivity index (χ1) is 10.7. The van der Waals surface area contributed by atoms with Gasteiger partial charge in [-0.1, -0.05) is 12.1 Å². The Morgan fingerprint density at radius 2 is 2.23 bits per heavy atom. The Bertz CT molecular complexity index is 481. The molecule has 22 heavy (non-hydrogen) atoms. The van der Waals surface area contributed by atoms with Crippen molar-refractivity contribution < 1.29 is 14.3 Å². The van der Waals surface area contributed by atoms with Crippen LogP contribution in [0.5, 0.6) is 5.75 Å². The summed E-state index contributed by atoms with van der Waals surface area (Å²) >= 11 is 0. The van der Waals surface area contributed by atoms with Crippen molar-refractivity contribution in [3.8, 4) is 5.75 Å². The molecule has 6 heteroatoms. The summed E-state index contributed by atoms with van der Waals surface area (Å²) < 4.78 is 10.9. The predicted molar refractivity (Wildman–Crippen MR) is 86.2 cm³/mol. The van der Waals surface area contributed by atoms with Crippen molar-refractivity contribution in [2.24, 2.45) is 5.73 Å². The van der Waals surface area contributed by atoms with Crippen LogP contribution in [0.1, 0.15) is 19.8 Å². The summed E-state index contributed by atoms with van der Waals surface area (Å²) in [5.74, 6) is 0.650. The number of nitrogens with zero attached hydrogens (tertiary/aromatic N) is 1. The van der Waals surface area contributed by atoms with Gasteiger partial charge in [-0.05, 0) is 31.9 Å². The lowest BCUT2D eigenvalue weighted by molar-refractivity contribution is 0.110. The second kappa shape index (κ2) is 8.60.